The summed E-state index contributed by atoms with van der Waals surface area (Å²) in [6, 6.07) is 8.13. The van der Waals surface area contributed by atoms with Gasteiger partial charge in [0.2, 0.25) is 5.91 Å². The molecule has 0 unspecified atom stereocenters. The fourth-order valence-corrected chi connectivity index (χ4v) is 3.88. The molecule has 0 saturated carbocycles. The maximum atomic E-state index is 12.7. The molecule has 128 valence electrons. The van der Waals surface area contributed by atoms with Crippen LogP contribution in [0.4, 0.5) is 0 Å². The fourth-order valence-electron chi connectivity index (χ4n) is 3.88. The highest BCUT2D eigenvalue weighted by Gasteiger charge is 2.37. The van der Waals surface area contributed by atoms with Crippen molar-refractivity contribution < 1.29 is 4.79 Å². The Bertz CT molecular complexity index is 678. The summed E-state index contributed by atoms with van der Waals surface area (Å²) < 4.78 is 0. The first-order valence-electron chi connectivity index (χ1n) is 9.20. The molecular formula is C19H26N4O. The molecule has 2 fully saturated rings. The summed E-state index contributed by atoms with van der Waals surface area (Å²) in [5, 5.41) is 0. The van der Waals surface area contributed by atoms with E-state index in [1.807, 2.05) is 18.2 Å². The van der Waals surface area contributed by atoms with E-state index in [2.05, 4.69) is 27.8 Å². The number of aromatic nitrogens is 2. The summed E-state index contributed by atoms with van der Waals surface area (Å²) in [5.41, 5.74) is 2.12. The maximum Gasteiger partial charge on any atom is 0.239 e. The third-order valence-electron chi connectivity index (χ3n) is 5.53. The Balaban J connectivity index is 1.36. The fraction of sp³-hybridized carbons (Fsp3) is 0.579. The van der Waals surface area contributed by atoms with E-state index in [-0.39, 0.29) is 6.04 Å². The Labute approximate surface area is 143 Å². The SMILES string of the molecule is C[C@@H](C(=O)N1CCCCCC1)N1CC(c2nc3ccccc3[nH]2)C1. The number of fused-ring (bicyclic) bond motifs is 1. The average molecular weight is 326 g/mol. The smallest absolute Gasteiger partial charge is 0.239 e. The zero-order chi connectivity index (χ0) is 16.5. The first-order chi connectivity index (χ1) is 11.7. The van der Waals surface area contributed by atoms with Crippen molar-refractivity contribution in [2.45, 2.75) is 44.6 Å². The molecule has 3 heterocycles. The van der Waals surface area contributed by atoms with Gasteiger partial charge in [-0.25, -0.2) is 4.98 Å². The lowest BCUT2D eigenvalue weighted by Crippen LogP contribution is -2.56. The molecule has 5 nitrogen and oxygen atoms in total. The highest BCUT2D eigenvalue weighted by molar-refractivity contribution is 5.81. The second-order valence-electron chi connectivity index (χ2n) is 7.21. The predicted octanol–water partition coefficient (Wildman–Crippen LogP) is 2.75. The number of nitrogens with one attached hydrogen (secondary N) is 1. The van der Waals surface area contributed by atoms with E-state index in [1.165, 1.54) is 12.8 Å². The number of aromatic amines is 1. The van der Waals surface area contributed by atoms with Crippen LogP contribution in [0.25, 0.3) is 11.0 Å². The van der Waals surface area contributed by atoms with Crippen LogP contribution in [0.15, 0.2) is 24.3 Å². The van der Waals surface area contributed by atoms with Crippen molar-refractivity contribution in [1.82, 2.24) is 19.8 Å². The van der Waals surface area contributed by atoms with Crippen molar-refractivity contribution in [2.75, 3.05) is 26.2 Å². The first-order valence-corrected chi connectivity index (χ1v) is 9.20. The van der Waals surface area contributed by atoms with Crippen molar-refractivity contribution in [3.8, 4) is 0 Å². The summed E-state index contributed by atoms with van der Waals surface area (Å²) in [5.74, 6) is 1.78. The zero-order valence-electron chi connectivity index (χ0n) is 14.4. The average Bonchev–Trinajstić information content (AvgIpc) is 2.78. The summed E-state index contributed by atoms with van der Waals surface area (Å²) in [6.45, 7) is 5.76. The number of carbonyl (C=O) groups is 1. The molecule has 4 rings (SSSR count). The van der Waals surface area contributed by atoms with E-state index in [4.69, 9.17) is 4.98 Å². The second kappa shape index (κ2) is 6.55. The van der Waals surface area contributed by atoms with E-state index in [0.717, 1.165) is 55.9 Å². The maximum absolute atomic E-state index is 12.7. The number of amides is 1. The molecule has 2 saturated heterocycles. The minimum atomic E-state index is -0.0104. The van der Waals surface area contributed by atoms with Gasteiger partial charge in [-0.05, 0) is 31.9 Å². The zero-order valence-corrected chi connectivity index (χ0v) is 14.4. The van der Waals surface area contributed by atoms with E-state index in [9.17, 15) is 4.79 Å². The molecule has 0 radical (unpaired) electrons. The van der Waals surface area contributed by atoms with Crippen LogP contribution in [-0.4, -0.2) is 57.9 Å². The summed E-state index contributed by atoms with van der Waals surface area (Å²) in [6.07, 6.45) is 4.83. The minimum absolute atomic E-state index is 0.0104. The summed E-state index contributed by atoms with van der Waals surface area (Å²) >= 11 is 0. The molecule has 1 amide bonds. The normalized spacial score (nSPS) is 21.5. The van der Waals surface area contributed by atoms with Gasteiger partial charge in [0, 0.05) is 32.1 Å². The van der Waals surface area contributed by atoms with Crippen LogP contribution in [0.5, 0.6) is 0 Å². The van der Waals surface area contributed by atoms with Crippen LogP contribution in [0.1, 0.15) is 44.3 Å². The molecule has 2 aliphatic heterocycles. The topological polar surface area (TPSA) is 52.2 Å². The lowest BCUT2D eigenvalue weighted by atomic mass is 9.97. The first kappa shape index (κ1) is 15.6. The van der Waals surface area contributed by atoms with Gasteiger partial charge in [-0.15, -0.1) is 0 Å². The third-order valence-corrected chi connectivity index (χ3v) is 5.53. The van der Waals surface area contributed by atoms with Crippen LogP contribution in [-0.2, 0) is 4.79 Å². The number of hydrogen-bond donors (Lipinski definition) is 1. The Morgan fingerprint density at radius 2 is 1.88 bits per heavy atom. The molecule has 1 N–H and O–H groups in total. The van der Waals surface area contributed by atoms with Gasteiger partial charge in [0.1, 0.15) is 5.82 Å². The molecule has 0 aliphatic carbocycles. The van der Waals surface area contributed by atoms with Gasteiger partial charge >= 0.3 is 0 Å². The van der Waals surface area contributed by atoms with Crippen LogP contribution in [0, 0.1) is 0 Å². The molecule has 0 spiro atoms. The van der Waals surface area contributed by atoms with Gasteiger partial charge in [-0.2, -0.15) is 0 Å². The second-order valence-corrected chi connectivity index (χ2v) is 7.21. The lowest BCUT2D eigenvalue weighted by molar-refractivity contribution is -0.138. The summed E-state index contributed by atoms with van der Waals surface area (Å²) in [4.78, 5) is 25.2. The Morgan fingerprint density at radius 1 is 1.17 bits per heavy atom. The molecule has 1 aromatic carbocycles. The van der Waals surface area contributed by atoms with E-state index < -0.39 is 0 Å². The summed E-state index contributed by atoms with van der Waals surface area (Å²) in [7, 11) is 0. The van der Waals surface area contributed by atoms with Crippen LogP contribution < -0.4 is 0 Å². The third kappa shape index (κ3) is 2.93. The standard InChI is InChI=1S/C19H26N4O/c1-14(19(24)22-10-6-2-3-7-11-22)23-12-15(13-23)18-20-16-8-4-5-9-17(16)21-18/h4-5,8-9,14-15H,2-3,6-7,10-13H2,1H3,(H,20,21)/t14-/m0/s1. The largest absolute Gasteiger partial charge is 0.342 e. The van der Waals surface area contributed by atoms with E-state index in [1.54, 1.807) is 0 Å². The molecule has 1 aromatic heterocycles. The number of imidazole rings is 1. The molecule has 5 heteroatoms. The van der Waals surface area contributed by atoms with Crippen molar-refractivity contribution in [3.05, 3.63) is 30.1 Å². The van der Waals surface area contributed by atoms with Crippen LogP contribution >= 0.6 is 0 Å². The van der Waals surface area contributed by atoms with Crippen molar-refractivity contribution >= 4 is 16.9 Å². The molecule has 0 bridgehead atoms. The lowest BCUT2D eigenvalue weighted by Gasteiger charge is -2.42. The number of nitrogens with zero attached hydrogens (tertiary/aromatic N) is 3. The van der Waals surface area contributed by atoms with Gasteiger partial charge in [-0.1, -0.05) is 25.0 Å². The number of benzene rings is 1. The van der Waals surface area contributed by atoms with E-state index in [0.29, 0.717) is 11.8 Å². The highest BCUT2D eigenvalue weighted by atomic mass is 16.2. The van der Waals surface area contributed by atoms with Gasteiger partial charge in [-0.3, -0.25) is 9.69 Å². The Hall–Kier alpha value is -1.88. The van der Waals surface area contributed by atoms with Crippen LogP contribution in [0.2, 0.25) is 0 Å². The van der Waals surface area contributed by atoms with Crippen molar-refractivity contribution in [3.63, 3.8) is 0 Å². The van der Waals surface area contributed by atoms with Crippen LogP contribution in [0.3, 0.4) is 0 Å². The minimum Gasteiger partial charge on any atom is -0.342 e. The van der Waals surface area contributed by atoms with Gasteiger partial charge in [0.25, 0.3) is 0 Å². The number of carbonyl (C=O) groups excluding carboxylic acids is 1. The predicted molar refractivity (Wildman–Crippen MR) is 94.9 cm³/mol. The van der Waals surface area contributed by atoms with Crippen molar-refractivity contribution in [1.29, 1.82) is 0 Å². The van der Waals surface area contributed by atoms with Crippen molar-refractivity contribution in [2.24, 2.45) is 0 Å². The number of para-hydroxylation sites is 2. The van der Waals surface area contributed by atoms with E-state index >= 15 is 0 Å². The highest BCUT2D eigenvalue weighted by Crippen LogP contribution is 2.29. The Morgan fingerprint density at radius 3 is 2.58 bits per heavy atom. The number of likely N-dealkylation sites (tertiary alicyclic amines) is 2. The van der Waals surface area contributed by atoms with Gasteiger partial charge < -0.3 is 9.88 Å². The quantitative estimate of drug-likeness (QED) is 0.943. The molecule has 2 aromatic rings. The molecule has 2 aliphatic rings. The Kier molecular flexibility index (Phi) is 4.27. The number of hydrogen-bond acceptors (Lipinski definition) is 3. The number of H-pyrrole nitrogens is 1. The molecule has 1 atom stereocenters. The number of rotatable bonds is 3. The van der Waals surface area contributed by atoms with Gasteiger partial charge in [0.15, 0.2) is 0 Å². The van der Waals surface area contributed by atoms with Gasteiger partial charge in [0.05, 0.1) is 17.1 Å². The molecular weight excluding hydrogens is 300 g/mol. The monoisotopic (exact) mass is 326 g/mol. The molecule has 24 heavy (non-hydrogen) atoms.